The van der Waals surface area contributed by atoms with E-state index in [-0.39, 0.29) is 6.61 Å². The molecule has 1 saturated heterocycles. The maximum Gasteiger partial charge on any atom is 0.167 e. The van der Waals surface area contributed by atoms with Crippen LogP contribution in [-0.4, -0.2) is 70.5 Å². The number of fused-ring (bicyclic) bond motifs is 1. The van der Waals surface area contributed by atoms with Gasteiger partial charge in [0.1, 0.15) is 18.5 Å². The summed E-state index contributed by atoms with van der Waals surface area (Å²) in [7, 11) is 0. The largest absolute Gasteiger partial charge is 0.491 e. The summed E-state index contributed by atoms with van der Waals surface area (Å²) in [6.07, 6.45) is -0.545. The van der Waals surface area contributed by atoms with Gasteiger partial charge in [0.05, 0.1) is 20.9 Å². The Morgan fingerprint density at radius 1 is 1.09 bits per heavy atom. The number of thiazole rings is 1. The number of ether oxygens (including phenoxy) is 1. The molecular formula is C25H27ClN4O3S. The second-order valence-corrected chi connectivity index (χ2v) is 10.3. The van der Waals surface area contributed by atoms with Crippen LogP contribution >= 0.6 is 22.9 Å². The summed E-state index contributed by atoms with van der Waals surface area (Å²) in [5, 5.41) is 16.4. The zero-order valence-electron chi connectivity index (χ0n) is 19.0. The lowest BCUT2D eigenvalue weighted by atomic mass is 10.1. The van der Waals surface area contributed by atoms with Crippen LogP contribution in [0.1, 0.15) is 10.7 Å². The zero-order chi connectivity index (χ0) is 23.5. The van der Waals surface area contributed by atoms with Crippen LogP contribution in [0.2, 0.25) is 5.02 Å². The van der Waals surface area contributed by atoms with Gasteiger partial charge in [-0.1, -0.05) is 16.8 Å². The third-order valence-electron chi connectivity index (χ3n) is 5.92. The van der Waals surface area contributed by atoms with Gasteiger partial charge in [0.2, 0.25) is 0 Å². The molecular weight excluding hydrogens is 472 g/mol. The smallest absolute Gasteiger partial charge is 0.167 e. The fourth-order valence-corrected chi connectivity index (χ4v) is 5.08. The molecule has 1 aliphatic rings. The number of halogens is 1. The van der Waals surface area contributed by atoms with E-state index in [1.165, 1.54) is 0 Å². The van der Waals surface area contributed by atoms with Gasteiger partial charge >= 0.3 is 0 Å². The molecule has 7 nitrogen and oxygen atoms in total. The number of β-amino-alcohol motifs (C(OH)–C–C–N with tert-alkyl or cyclic N) is 1. The minimum Gasteiger partial charge on any atom is -0.491 e. The van der Waals surface area contributed by atoms with Gasteiger partial charge in [-0.15, -0.1) is 11.3 Å². The van der Waals surface area contributed by atoms with E-state index in [0.29, 0.717) is 11.6 Å². The molecule has 1 N–H and O–H groups in total. The number of piperazine rings is 1. The van der Waals surface area contributed by atoms with Gasteiger partial charge < -0.3 is 14.4 Å². The van der Waals surface area contributed by atoms with Gasteiger partial charge in [-0.2, -0.15) is 0 Å². The minimum atomic E-state index is -0.545. The standard InChI is InChI=1S/C25H27ClN4O3S/c1-17-27-23-13-22(6-7-25(23)34-17)32-16-21(31)15-30-10-8-29(9-11-30)14-20-12-24(33-28-20)18-2-4-19(26)5-3-18/h2-7,12-13,21,31H,8-11,14-16H2,1H3/t21-/m0/s1. The van der Waals surface area contributed by atoms with Crippen molar-refractivity contribution in [1.82, 2.24) is 19.9 Å². The molecule has 0 bridgehead atoms. The molecule has 1 atom stereocenters. The number of nitrogens with zero attached hydrogens (tertiary/aromatic N) is 4. The lowest BCUT2D eigenvalue weighted by molar-refractivity contribution is 0.0442. The highest BCUT2D eigenvalue weighted by molar-refractivity contribution is 7.18. The first kappa shape index (κ1) is 23.3. The molecule has 3 heterocycles. The molecule has 0 saturated carbocycles. The number of aliphatic hydroxyl groups excluding tert-OH is 1. The van der Waals surface area contributed by atoms with Gasteiger partial charge in [0.25, 0.3) is 0 Å². The van der Waals surface area contributed by atoms with E-state index in [1.807, 2.05) is 55.5 Å². The van der Waals surface area contributed by atoms with Crippen molar-refractivity contribution < 1.29 is 14.4 Å². The topological polar surface area (TPSA) is 74.9 Å². The van der Waals surface area contributed by atoms with Crippen molar-refractivity contribution in [2.24, 2.45) is 0 Å². The third kappa shape index (κ3) is 5.76. The van der Waals surface area contributed by atoms with Gasteiger partial charge in [-0.25, -0.2) is 4.98 Å². The summed E-state index contributed by atoms with van der Waals surface area (Å²) >= 11 is 7.63. The molecule has 4 aromatic rings. The predicted octanol–water partition coefficient (Wildman–Crippen LogP) is 4.47. The number of benzene rings is 2. The van der Waals surface area contributed by atoms with Crippen LogP contribution in [-0.2, 0) is 6.54 Å². The molecule has 5 rings (SSSR count). The number of aromatic nitrogens is 2. The van der Waals surface area contributed by atoms with E-state index >= 15 is 0 Å². The Hall–Kier alpha value is -2.49. The molecule has 2 aromatic heterocycles. The molecule has 178 valence electrons. The Labute approximate surface area is 207 Å². The predicted molar refractivity (Wildman–Crippen MR) is 135 cm³/mol. The highest BCUT2D eigenvalue weighted by atomic mass is 35.5. The van der Waals surface area contributed by atoms with Crippen LogP contribution in [0, 0.1) is 6.92 Å². The van der Waals surface area contributed by atoms with E-state index < -0.39 is 6.10 Å². The first-order valence-electron chi connectivity index (χ1n) is 11.4. The lowest BCUT2D eigenvalue weighted by Crippen LogP contribution is -2.48. The molecule has 0 spiro atoms. The average molecular weight is 499 g/mol. The van der Waals surface area contributed by atoms with Crippen LogP contribution in [0.5, 0.6) is 5.75 Å². The Morgan fingerprint density at radius 2 is 1.85 bits per heavy atom. The summed E-state index contributed by atoms with van der Waals surface area (Å²) in [6.45, 7) is 7.21. The van der Waals surface area contributed by atoms with E-state index in [1.54, 1.807) is 11.3 Å². The minimum absolute atomic E-state index is 0.265. The van der Waals surface area contributed by atoms with Gasteiger partial charge in [-0.3, -0.25) is 9.80 Å². The first-order valence-corrected chi connectivity index (χ1v) is 12.6. The maximum absolute atomic E-state index is 10.5. The van der Waals surface area contributed by atoms with Crippen LogP contribution in [0.15, 0.2) is 53.1 Å². The third-order valence-corrected chi connectivity index (χ3v) is 7.12. The molecule has 1 fully saturated rings. The van der Waals surface area contributed by atoms with Crippen molar-refractivity contribution in [3.8, 4) is 17.1 Å². The summed E-state index contributed by atoms with van der Waals surface area (Å²) < 4.78 is 12.5. The second kappa shape index (κ2) is 10.4. The maximum atomic E-state index is 10.5. The number of hydrogen-bond acceptors (Lipinski definition) is 8. The zero-order valence-corrected chi connectivity index (χ0v) is 20.6. The van der Waals surface area contributed by atoms with Crippen LogP contribution in [0.25, 0.3) is 21.5 Å². The summed E-state index contributed by atoms with van der Waals surface area (Å²) in [5.41, 5.74) is 2.82. The van der Waals surface area contributed by atoms with Crippen molar-refractivity contribution in [3.05, 3.63) is 64.3 Å². The van der Waals surface area contributed by atoms with Crippen LogP contribution < -0.4 is 4.74 Å². The number of hydrogen-bond donors (Lipinski definition) is 1. The summed E-state index contributed by atoms with van der Waals surface area (Å²) in [5.74, 6) is 1.49. The molecule has 1 aliphatic heterocycles. The van der Waals surface area contributed by atoms with Gasteiger partial charge in [0.15, 0.2) is 5.76 Å². The monoisotopic (exact) mass is 498 g/mol. The fourth-order valence-electron chi connectivity index (χ4n) is 4.15. The Balaban J connectivity index is 1.05. The second-order valence-electron chi connectivity index (χ2n) is 8.59. The Morgan fingerprint density at radius 3 is 2.65 bits per heavy atom. The van der Waals surface area contributed by atoms with Crippen LogP contribution in [0.4, 0.5) is 0 Å². The van der Waals surface area contributed by atoms with Crippen molar-refractivity contribution in [3.63, 3.8) is 0 Å². The van der Waals surface area contributed by atoms with Crippen molar-refractivity contribution in [2.75, 3.05) is 39.3 Å². The quantitative estimate of drug-likeness (QED) is 0.384. The molecule has 0 amide bonds. The molecule has 9 heteroatoms. The fraction of sp³-hybridized carbons (Fsp3) is 0.360. The van der Waals surface area contributed by atoms with E-state index in [0.717, 1.165) is 70.7 Å². The van der Waals surface area contributed by atoms with E-state index in [2.05, 4.69) is 19.9 Å². The Bertz CT molecular complexity index is 1230. The summed E-state index contributed by atoms with van der Waals surface area (Å²) in [4.78, 5) is 9.13. The van der Waals surface area contributed by atoms with Gasteiger partial charge in [-0.05, 0) is 43.3 Å². The van der Waals surface area contributed by atoms with E-state index in [9.17, 15) is 5.11 Å². The highest BCUT2D eigenvalue weighted by Crippen LogP contribution is 2.26. The van der Waals surface area contributed by atoms with Gasteiger partial charge in [0, 0.05) is 62.0 Å². The normalized spacial score (nSPS) is 16.2. The number of rotatable bonds is 8. The van der Waals surface area contributed by atoms with Crippen molar-refractivity contribution >= 4 is 33.2 Å². The lowest BCUT2D eigenvalue weighted by Gasteiger charge is -2.35. The first-order chi connectivity index (χ1) is 16.5. The van der Waals surface area contributed by atoms with E-state index in [4.69, 9.17) is 20.9 Å². The molecule has 0 aliphatic carbocycles. The SMILES string of the molecule is Cc1nc2cc(OC[C@@H](O)CN3CCN(Cc4cc(-c5ccc(Cl)cc5)on4)CC3)ccc2s1. The average Bonchev–Trinajstić information content (AvgIpc) is 3.44. The molecule has 0 radical (unpaired) electrons. The van der Waals surface area contributed by atoms with Crippen molar-refractivity contribution in [1.29, 1.82) is 0 Å². The number of aryl methyl sites for hydroxylation is 1. The number of aliphatic hydroxyl groups is 1. The Kier molecular flexibility index (Phi) is 7.12. The molecule has 2 aromatic carbocycles. The molecule has 0 unspecified atom stereocenters. The highest BCUT2D eigenvalue weighted by Gasteiger charge is 2.21. The summed E-state index contributed by atoms with van der Waals surface area (Å²) in [6, 6.07) is 15.4. The molecule has 34 heavy (non-hydrogen) atoms. The van der Waals surface area contributed by atoms with Crippen molar-refractivity contribution in [2.45, 2.75) is 19.6 Å². The van der Waals surface area contributed by atoms with Crippen LogP contribution in [0.3, 0.4) is 0 Å².